The Labute approximate surface area is 86.9 Å². The van der Waals surface area contributed by atoms with Crippen LogP contribution in [0, 0.1) is 17.8 Å². The molecule has 4 aliphatic carbocycles. The van der Waals surface area contributed by atoms with E-state index in [9.17, 15) is 0 Å². The van der Waals surface area contributed by atoms with Crippen LogP contribution in [0.3, 0.4) is 0 Å². The standard InChI is InChI=1S/C10H17N.C2H6O/c11-10-4-7-1-8(5-10)3-9(2-7)6-10;1-2-3/h7-9H,1-6,11H2;3H,2H2,1H3. The SMILES string of the molecule is CCO.NC12CC3CC(CC(C3)C1)C2. The number of rotatable bonds is 0. The zero-order valence-corrected chi connectivity index (χ0v) is 9.21. The minimum Gasteiger partial charge on any atom is -0.397 e. The van der Waals surface area contributed by atoms with Crippen LogP contribution in [0.2, 0.25) is 0 Å². The molecule has 4 fully saturated rings. The van der Waals surface area contributed by atoms with E-state index in [0.29, 0.717) is 5.54 Å². The van der Waals surface area contributed by atoms with Gasteiger partial charge in [0.05, 0.1) is 0 Å². The molecular weight excluding hydrogens is 174 g/mol. The van der Waals surface area contributed by atoms with Crippen molar-refractivity contribution in [2.24, 2.45) is 23.5 Å². The van der Waals surface area contributed by atoms with Crippen LogP contribution >= 0.6 is 0 Å². The molecule has 0 aromatic rings. The van der Waals surface area contributed by atoms with Gasteiger partial charge in [-0.05, 0) is 63.2 Å². The third-order valence-electron chi connectivity index (χ3n) is 4.09. The molecule has 4 aliphatic rings. The van der Waals surface area contributed by atoms with Crippen molar-refractivity contribution in [2.45, 2.75) is 51.0 Å². The predicted octanol–water partition coefficient (Wildman–Crippen LogP) is 1.91. The maximum atomic E-state index is 7.57. The summed E-state index contributed by atoms with van der Waals surface area (Å²) in [6, 6.07) is 0. The zero-order chi connectivity index (χ0) is 10.2. The summed E-state index contributed by atoms with van der Waals surface area (Å²) in [6.45, 7) is 1.93. The van der Waals surface area contributed by atoms with E-state index in [4.69, 9.17) is 10.8 Å². The summed E-state index contributed by atoms with van der Waals surface area (Å²) in [5.74, 6) is 3.06. The number of hydrogen-bond acceptors (Lipinski definition) is 2. The quantitative estimate of drug-likeness (QED) is 0.623. The highest BCUT2D eigenvalue weighted by Gasteiger charge is 2.48. The minimum atomic E-state index is 0.250. The van der Waals surface area contributed by atoms with E-state index in [2.05, 4.69) is 0 Å². The third-order valence-corrected chi connectivity index (χ3v) is 4.09. The van der Waals surface area contributed by atoms with Crippen LogP contribution in [0.25, 0.3) is 0 Å². The lowest BCUT2D eigenvalue weighted by atomic mass is 9.53. The molecule has 0 unspecified atom stereocenters. The van der Waals surface area contributed by atoms with E-state index in [-0.39, 0.29) is 6.61 Å². The second-order valence-corrected chi connectivity index (χ2v) is 5.60. The molecular formula is C12H23NO. The molecule has 0 saturated heterocycles. The average Bonchev–Trinajstić information content (AvgIpc) is 1.99. The number of aliphatic hydroxyl groups is 1. The van der Waals surface area contributed by atoms with E-state index in [0.717, 1.165) is 17.8 Å². The summed E-state index contributed by atoms with van der Waals surface area (Å²) in [4.78, 5) is 0. The van der Waals surface area contributed by atoms with Gasteiger partial charge < -0.3 is 10.8 Å². The van der Waals surface area contributed by atoms with E-state index in [1.54, 1.807) is 6.92 Å². The Hall–Kier alpha value is -0.0800. The van der Waals surface area contributed by atoms with E-state index >= 15 is 0 Å². The van der Waals surface area contributed by atoms with Gasteiger partial charge in [-0.3, -0.25) is 0 Å². The molecule has 0 aliphatic heterocycles. The summed E-state index contributed by atoms with van der Waals surface area (Å²) in [5, 5.41) is 7.57. The topological polar surface area (TPSA) is 46.2 Å². The Bertz CT molecular complexity index is 167. The van der Waals surface area contributed by atoms with Crippen LogP contribution in [-0.4, -0.2) is 17.3 Å². The molecule has 4 rings (SSSR count). The summed E-state index contributed by atoms with van der Waals surface area (Å²) < 4.78 is 0. The lowest BCUT2D eigenvalue weighted by Crippen LogP contribution is -2.55. The number of aliphatic hydroxyl groups excluding tert-OH is 1. The lowest BCUT2D eigenvalue weighted by molar-refractivity contribution is 0.000365. The highest BCUT2D eigenvalue weighted by atomic mass is 16.2. The molecule has 4 saturated carbocycles. The fourth-order valence-corrected chi connectivity index (χ4v) is 4.18. The van der Waals surface area contributed by atoms with Gasteiger partial charge in [0.2, 0.25) is 0 Å². The molecule has 4 bridgehead atoms. The summed E-state index contributed by atoms with van der Waals surface area (Å²) >= 11 is 0. The Balaban J connectivity index is 0.000000226. The monoisotopic (exact) mass is 197 g/mol. The average molecular weight is 197 g/mol. The molecule has 82 valence electrons. The van der Waals surface area contributed by atoms with Crippen molar-refractivity contribution >= 4 is 0 Å². The smallest absolute Gasteiger partial charge is 0.0402 e. The van der Waals surface area contributed by atoms with Crippen molar-refractivity contribution in [2.75, 3.05) is 6.61 Å². The Morgan fingerprint density at radius 1 is 1.07 bits per heavy atom. The lowest BCUT2D eigenvalue weighted by Gasteiger charge is -2.55. The maximum Gasteiger partial charge on any atom is 0.0402 e. The fraction of sp³-hybridized carbons (Fsp3) is 1.00. The van der Waals surface area contributed by atoms with Crippen LogP contribution < -0.4 is 5.73 Å². The number of nitrogens with two attached hydrogens (primary N) is 1. The van der Waals surface area contributed by atoms with Crippen molar-refractivity contribution in [1.29, 1.82) is 0 Å². The van der Waals surface area contributed by atoms with Crippen LogP contribution in [-0.2, 0) is 0 Å². The van der Waals surface area contributed by atoms with Gasteiger partial charge in [-0.1, -0.05) is 0 Å². The molecule has 0 amide bonds. The highest BCUT2D eigenvalue weighted by Crippen LogP contribution is 2.54. The number of hydrogen-bond donors (Lipinski definition) is 2. The molecule has 0 spiro atoms. The molecule has 0 aromatic carbocycles. The van der Waals surface area contributed by atoms with Crippen LogP contribution in [0.1, 0.15) is 45.4 Å². The molecule has 3 N–H and O–H groups in total. The predicted molar refractivity (Wildman–Crippen MR) is 57.9 cm³/mol. The van der Waals surface area contributed by atoms with Crippen molar-refractivity contribution in [3.8, 4) is 0 Å². The summed E-state index contributed by atoms with van der Waals surface area (Å²) in [5.41, 5.74) is 6.62. The fourth-order valence-electron chi connectivity index (χ4n) is 4.18. The first kappa shape index (κ1) is 10.4. The molecule has 0 radical (unpaired) electrons. The second kappa shape index (κ2) is 3.82. The first-order chi connectivity index (χ1) is 6.65. The normalized spacial score (nSPS) is 48.6. The van der Waals surface area contributed by atoms with E-state index < -0.39 is 0 Å². The van der Waals surface area contributed by atoms with Crippen molar-refractivity contribution < 1.29 is 5.11 Å². The van der Waals surface area contributed by atoms with Crippen molar-refractivity contribution in [3.63, 3.8) is 0 Å². The third kappa shape index (κ3) is 1.96. The molecule has 0 heterocycles. The van der Waals surface area contributed by atoms with Gasteiger partial charge in [0.15, 0.2) is 0 Å². The zero-order valence-electron chi connectivity index (χ0n) is 9.21. The Kier molecular flexibility index (Phi) is 2.85. The van der Waals surface area contributed by atoms with E-state index in [1.807, 2.05) is 0 Å². The van der Waals surface area contributed by atoms with Crippen LogP contribution in [0.5, 0.6) is 0 Å². The summed E-state index contributed by atoms with van der Waals surface area (Å²) in [7, 11) is 0. The van der Waals surface area contributed by atoms with Gasteiger partial charge >= 0.3 is 0 Å². The second-order valence-electron chi connectivity index (χ2n) is 5.60. The summed E-state index contributed by atoms with van der Waals surface area (Å²) in [6.07, 6.45) is 8.57. The first-order valence-electron chi connectivity index (χ1n) is 6.05. The van der Waals surface area contributed by atoms with Crippen LogP contribution in [0.4, 0.5) is 0 Å². The van der Waals surface area contributed by atoms with Gasteiger partial charge in [-0.15, -0.1) is 0 Å². The van der Waals surface area contributed by atoms with Gasteiger partial charge in [0.25, 0.3) is 0 Å². The van der Waals surface area contributed by atoms with Gasteiger partial charge in [0, 0.05) is 12.1 Å². The largest absolute Gasteiger partial charge is 0.397 e. The highest BCUT2D eigenvalue weighted by molar-refractivity contribution is 5.04. The van der Waals surface area contributed by atoms with Gasteiger partial charge in [0.1, 0.15) is 0 Å². The molecule has 2 nitrogen and oxygen atoms in total. The van der Waals surface area contributed by atoms with Crippen molar-refractivity contribution in [3.05, 3.63) is 0 Å². The molecule has 0 atom stereocenters. The first-order valence-corrected chi connectivity index (χ1v) is 6.05. The minimum absolute atomic E-state index is 0.250. The molecule has 14 heavy (non-hydrogen) atoms. The van der Waals surface area contributed by atoms with Crippen LogP contribution in [0.15, 0.2) is 0 Å². The molecule has 2 heteroatoms. The van der Waals surface area contributed by atoms with Crippen molar-refractivity contribution in [1.82, 2.24) is 0 Å². The van der Waals surface area contributed by atoms with E-state index in [1.165, 1.54) is 38.5 Å². The van der Waals surface area contributed by atoms with Gasteiger partial charge in [-0.25, -0.2) is 0 Å². The Morgan fingerprint density at radius 2 is 1.36 bits per heavy atom. The van der Waals surface area contributed by atoms with Gasteiger partial charge in [-0.2, -0.15) is 0 Å². The Morgan fingerprint density at radius 3 is 1.57 bits per heavy atom. The maximum absolute atomic E-state index is 7.57. The molecule has 0 aromatic heterocycles.